The molecule has 19 heteroatoms. The molecule has 0 fully saturated rings. The number of carbonyl (C=O) groups is 1. The van der Waals surface area contributed by atoms with Gasteiger partial charge in [-0.3, -0.25) is 4.79 Å². The molecule has 5 aromatic carbocycles. The van der Waals surface area contributed by atoms with Crippen LogP contribution in [0.15, 0.2) is 123 Å². The Hall–Kier alpha value is -8.68. The molecule has 17 nitrogen and oxygen atoms in total. The van der Waals surface area contributed by atoms with Crippen molar-refractivity contribution in [2.24, 2.45) is 0 Å². The summed E-state index contributed by atoms with van der Waals surface area (Å²) in [5.74, 6) is -0.184. The van der Waals surface area contributed by atoms with Gasteiger partial charge in [-0.1, -0.05) is 98.1 Å². The van der Waals surface area contributed by atoms with Crippen molar-refractivity contribution in [3.63, 3.8) is 0 Å². The number of esters is 1. The Labute approximate surface area is 504 Å². The van der Waals surface area contributed by atoms with Crippen molar-refractivity contribution in [1.29, 1.82) is 0 Å². The first-order valence-corrected chi connectivity index (χ1v) is 31.3. The lowest BCUT2D eigenvalue weighted by molar-refractivity contribution is -0.697. The number of aryl methyl sites for hydroxylation is 2. The lowest BCUT2D eigenvalue weighted by Crippen LogP contribution is -2.37. The number of fused-ring (bicyclic) bond motifs is 5. The summed E-state index contributed by atoms with van der Waals surface area (Å²) in [5.41, 5.74) is 14.5. The van der Waals surface area contributed by atoms with Gasteiger partial charge in [-0.15, -0.1) is 0 Å². The molecule has 0 N–H and O–H groups in total. The molecule has 0 atom stereocenters. The Kier molecular flexibility index (Phi) is 21.3. The van der Waals surface area contributed by atoms with Crippen LogP contribution in [0.1, 0.15) is 114 Å². The van der Waals surface area contributed by atoms with Gasteiger partial charge in [0.15, 0.2) is 42.1 Å². The van der Waals surface area contributed by atoms with Crippen LogP contribution in [0, 0.1) is 0 Å². The molecule has 0 aliphatic carbocycles. The van der Waals surface area contributed by atoms with Gasteiger partial charge < -0.3 is 19.4 Å². The van der Waals surface area contributed by atoms with E-state index < -0.39 is 0 Å². The SMILES string of the molecule is CCC(=O)OCC[n+]1c(/C=C/c2ccc(N(CC)CC)c3nonc23)sc2ccccc21.CCC[n+]1c(/C=C/c2ccc(N(CC)CC)c3nonc23)sc2ccccc21.CCC[n+]1ccc(/C=C/c2ccc(N(CC)CC)c3nonc23)cc1. The van der Waals surface area contributed by atoms with Crippen molar-refractivity contribution >= 4 is 136 Å². The molecular formula is C66H77N12O5S2+3. The summed E-state index contributed by atoms with van der Waals surface area (Å²) >= 11 is 3.51. The number of carbonyl (C=O) groups excluding carboxylic acids is 1. The fraction of sp³-hybridized carbons (Fsp3) is 0.333. The number of para-hydroxylation sites is 2. The maximum Gasteiger partial charge on any atom is 0.305 e. The molecule has 0 aliphatic rings. The van der Waals surface area contributed by atoms with Crippen LogP contribution in [-0.2, 0) is 29.2 Å². The van der Waals surface area contributed by atoms with Crippen molar-refractivity contribution < 1.29 is 37.1 Å². The summed E-state index contributed by atoms with van der Waals surface area (Å²) in [6.07, 6.45) is 19.4. The van der Waals surface area contributed by atoms with Gasteiger partial charge in [0.05, 0.1) is 17.1 Å². The number of benzene rings is 5. The van der Waals surface area contributed by atoms with E-state index in [9.17, 15) is 4.79 Å². The predicted molar refractivity (Wildman–Crippen MR) is 345 cm³/mol. The van der Waals surface area contributed by atoms with Crippen molar-refractivity contribution in [1.82, 2.24) is 30.9 Å². The number of thiazole rings is 2. The lowest BCUT2D eigenvalue weighted by Gasteiger charge is -2.20. The maximum atomic E-state index is 11.5. The van der Waals surface area contributed by atoms with E-state index in [4.69, 9.17) is 18.6 Å². The van der Waals surface area contributed by atoms with Crippen LogP contribution in [0.3, 0.4) is 0 Å². The molecule has 6 heterocycles. The quantitative estimate of drug-likeness (QED) is 0.0439. The van der Waals surface area contributed by atoms with Crippen molar-refractivity contribution in [2.45, 2.75) is 101 Å². The van der Waals surface area contributed by atoms with E-state index in [0.29, 0.717) is 19.6 Å². The van der Waals surface area contributed by atoms with Crippen LogP contribution >= 0.6 is 22.7 Å². The number of rotatable bonds is 23. The Morgan fingerprint density at radius 3 is 1.25 bits per heavy atom. The molecule has 85 heavy (non-hydrogen) atoms. The number of nitrogens with zero attached hydrogens (tertiary/aromatic N) is 12. The highest BCUT2D eigenvalue weighted by atomic mass is 32.1. The second-order valence-electron chi connectivity index (χ2n) is 20.0. The number of hydrogen-bond acceptors (Lipinski definition) is 16. The third-order valence-corrected chi connectivity index (χ3v) is 17.1. The number of pyridine rings is 1. The number of hydrogen-bond donors (Lipinski definition) is 0. The summed E-state index contributed by atoms with van der Waals surface area (Å²) in [7, 11) is 0. The third kappa shape index (κ3) is 14.1. The monoisotopic (exact) mass is 1180 g/mol. The second kappa shape index (κ2) is 29.7. The van der Waals surface area contributed by atoms with E-state index in [1.54, 1.807) is 18.3 Å². The minimum atomic E-state index is -0.184. The van der Waals surface area contributed by atoms with Gasteiger partial charge in [0.1, 0.15) is 39.0 Å². The van der Waals surface area contributed by atoms with E-state index in [1.807, 2.05) is 29.5 Å². The van der Waals surface area contributed by atoms with Gasteiger partial charge in [0, 0.05) is 112 Å². The smallest absolute Gasteiger partial charge is 0.305 e. The topological polar surface area (TPSA) is 164 Å². The average molecular weight is 1180 g/mol. The normalized spacial score (nSPS) is 11.6. The summed E-state index contributed by atoms with van der Waals surface area (Å²) in [6.45, 7) is 27.4. The molecule has 6 aromatic heterocycles. The first-order chi connectivity index (χ1) is 41.7. The predicted octanol–water partition coefficient (Wildman–Crippen LogP) is 13.8. The minimum Gasteiger partial charge on any atom is -0.459 e. The highest BCUT2D eigenvalue weighted by molar-refractivity contribution is 7.19. The summed E-state index contributed by atoms with van der Waals surface area (Å²) in [5, 5.41) is 27.2. The molecule has 0 amide bonds. The van der Waals surface area contributed by atoms with Gasteiger partial charge in [0.2, 0.25) is 11.0 Å². The zero-order chi connectivity index (χ0) is 59.7. The van der Waals surface area contributed by atoms with E-state index in [2.05, 4.69) is 242 Å². The maximum absolute atomic E-state index is 11.5. The summed E-state index contributed by atoms with van der Waals surface area (Å²) in [4.78, 5) is 18.3. The highest BCUT2D eigenvalue weighted by Crippen LogP contribution is 2.32. The molecular weight excluding hydrogens is 1100 g/mol. The fourth-order valence-corrected chi connectivity index (χ4v) is 12.5. The van der Waals surface area contributed by atoms with Crippen molar-refractivity contribution in [3.8, 4) is 0 Å². The standard InChI is InChI=1S/C24H27N4O3S.C22H25N4OS.C20H25N4O/c1-4-22(29)30-16-15-28-18-9-7-8-10-20(18)32-21(28)14-12-17-11-13-19(27(5-2)6-3)24-23(17)25-31-26-24;1-4-15-26-17-9-7-8-10-19(17)28-20(26)14-12-16-11-13-18(25(5-2)6-3)22-21(16)23-27-24-22;1-4-13-23-14-11-16(12-15-23)7-8-17-9-10-18(24(5-2)6-3)20-19(17)21-25-22-20/h7-14H,4-6,15-16H2,1-3H3;7-14H,4-6,15H2,1-3H3;7-12,14-15H,4-6,13H2,1-3H3/q3*+1. The fourth-order valence-electron chi connectivity index (χ4n) is 10.4. The van der Waals surface area contributed by atoms with Crippen molar-refractivity contribution in [3.05, 3.63) is 142 Å². The van der Waals surface area contributed by atoms with E-state index >= 15 is 0 Å². The summed E-state index contributed by atoms with van der Waals surface area (Å²) in [6, 6.07) is 33.6. The molecule has 0 bridgehead atoms. The number of anilines is 3. The Morgan fingerprint density at radius 2 is 0.847 bits per heavy atom. The molecule has 0 saturated carbocycles. The van der Waals surface area contributed by atoms with Crippen LogP contribution in [-0.4, -0.2) is 82.8 Å². The molecule has 0 saturated heterocycles. The molecule has 0 unspecified atom stereocenters. The average Bonchev–Trinajstić information content (AvgIpc) is 3.54. The van der Waals surface area contributed by atoms with E-state index in [0.717, 1.165) is 148 Å². The van der Waals surface area contributed by atoms with Gasteiger partial charge in [-0.2, -0.15) is 9.13 Å². The molecule has 0 spiro atoms. The largest absolute Gasteiger partial charge is 0.459 e. The minimum absolute atomic E-state index is 0.184. The van der Waals surface area contributed by atoms with Crippen LogP contribution in [0.5, 0.6) is 0 Å². The second-order valence-corrected chi connectivity index (χ2v) is 22.1. The van der Waals surface area contributed by atoms with Gasteiger partial charge in [-0.25, -0.2) is 18.5 Å². The van der Waals surface area contributed by atoms with E-state index in [-0.39, 0.29) is 5.97 Å². The lowest BCUT2D eigenvalue weighted by atomic mass is 10.1. The molecule has 440 valence electrons. The molecule has 0 aliphatic heterocycles. The Balaban J connectivity index is 0.000000154. The van der Waals surface area contributed by atoms with Gasteiger partial charge >= 0.3 is 5.97 Å². The first kappa shape index (κ1) is 60.9. The van der Waals surface area contributed by atoms with Crippen molar-refractivity contribution in [2.75, 3.05) is 60.6 Å². The molecule has 11 aromatic rings. The summed E-state index contributed by atoms with van der Waals surface area (Å²) < 4.78 is 29.8. The Morgan fingerprint density at radius 1 is 0.459 bits per heavy atom. The van der Waals surface area contributed by atoms with Gasteiger partial charge in [-0.05, 0) is 121 Å². The van der Waals surface area contributed by atoms with Crippen LogP contribution in [0.2, 0.25) is 0 Å². The Bertz CT molecular complexity index is 4050. The number of aromatic nitrogens is 9. The van der Waals surface area contributed by atoms with E-state index in [1.165, 1.54) is 19.9 Å². The zero-order valence-corrected chi connectivity index (χ0v) is 51.9. The van der Waals surface area contributed by atoms with Crippen LogP contribution in [0.4, 0.5) is 17.1 Å². The molecule has 0 radical (unpaired) electrons. The van der Waals surface area contributed by atoms with Gasteiger partial charge in [0.25, 0.3) is 10.0 Å². The molecule has 11 rings (SSSR count). The third-order valence-electron chi connectivity index (χ3n) is 14.8. The first-order valence-electron chi connectivity index (χ1n) is 29.7. The highest BCUT2D eigenvalue weighted by Gasteiger charge is 2.22. The van der Waals surface area contributed by atoms with Crippen LogP contribution < -0.4 is 28.4 Å². The number of ether oxygens (including phenoxy) is 1. The van der Waals surface area contributed by atoms with Crippen LogP contribution in [0.25, 0.3) is 90.0 Å². The zero-order valence-electron chi connectivity index (χ0n) is 50.3.